The second kappa shape index (κ2) is 27.6. The molecule has 2 aliphatic rings. The molecule has 2 aliphatic heterocycles. The van der Waals surface area contributed by atoms with Crippen molar-refractivity contribution < 1.29 is 58.2 Å². The van der Waals surface area contributed by atoms with Gasteiger partial charge in [-0.05, 0) is 60.6 Å². The molecule has 0 aliphatic carbocycles. The number of fused-ring (bicyclic) bond motifs is 1. The van der Waals surface area contributed by atoms with E-state index < -0.39 is 121 Å². The number of hydrogen-bond donors (Lipinski definition) is 11. The van der Waals surface area contributed by atoms with Crippen LogP contribution in [0.4, 0.5) is 0 Å². The van der Waals surface area contributed by atoms with Crippen LogP contribution in [-0.2, 0) is 73.6 Å². The Bertz CT molecular complexity index is 2700. The molecule has 22 nitrogen and oxygen atoms in total. The minimum atomic E-state index is -1.71. The standard InChI is InChI=1S/C54H64N10O12/c1-32-47(69)59-40(27-34-14-7-3-8-15-34)51(73)63-43(31-65)52(74)61-41(28-36-19-21-37(66)22-20-36)50(72)62-42(29-35-16-9-4-10-17-35)54(76)64-25-11-18-44(64)53(75)56-30-46(68)58-38(23-24-45(55)67)48(70)60-39(49(71)57-32)26-33-12-5-2-6-13-33/h2-10,12-17,19-22,32,38-44,65-66H,11,18,23-31H2,1H3,(H2,55,67)(H,56,75)(H,57,71)(H,58,68)(H,59,69)(H,60,70)(H,61,74)(H,62,72)(H,63,73)/t32-,38-,39-,40-,41-,42-,43-,44-/m0/s1. The molecule has 402 valence electrons. The van der Waals surface area contributed by atoms with Gasteiger partial charge in [0.15, 0.2) is 0 Å². The van der Waals surface area contributed by atoms with Crippen molar-refractivity contribution in [2.45, 2.75) is 107 Å². The van der Waals surface area contributed by atoms with Crippen LogP contribution < -0.4 is 48.3 Å². The number of carbonyl (C=O) groups is 10. The summed E-state index contributed by atoms with van der Waals surface area (Å²) in [6, 6.07) is 20.3. The van der Waals surface area contributed by atoms with E-state index in [0.29, 0.717) is 28.7 Å². The molecule has 0 radical (unpaired) electrons. The van der Waals surface area contributed by atoms with Crippen LogP contribution in [-0.4, -0.2) is 142 Å². The molecule has 0 bridgehead atoms. The summed E-state index contributed by atoms with van der Waals surface area (Å²) in [5.41, 5.74) is 7.69. The number of amides is 10. The molecule has 12 N–H and O–H groups in total. The minimum absolute atomic E-state index is 0.0664. The number of phenols is 1. The Balaban J connectivity index is 1.37. The molecule has 6 rings (SSSR count). The first-order valence-electron chi connectivity index (χ1n) is 25.0. The molecular formula is C54H64N10O12. The lowest BCUT2D eigenvalue weighted by atomic mass is 10.0. The quantitative estimate of drug-likeness (QED) is 0.0769. The third kappa shape index (κ3) is 16.7. The number of nitrogens with zero attached hydrogens (tertiary/aromatic N) is 1. The van der Waals surface area contributed by atoms with E-state index in [9.17, 15) is 58.2 Å². The third-order valence-electron chi connectivity index (χ3n) is 12.9. The van der Waals surface area contributed by atoms with Crippen LogP contribution in [0, 0.1) is 0 Å². The van der Waals surface area contributed by atoms with Gasteiger partial charge in [0.05, 0.1) is 13.2 Å². The van der Waals surface area contributed by atoms with Gasteiger partial charge in [-0.2, -0.15) is 0 Å². The van der Waals surface area contributed by atoms with Crippen molar-refractivity contribution in [3.63, 3.8) is 0 Å². The summed E-state index contributed by atoms with van der Waals surface area (Å²) in [6.45, 7) is -0.235. The minimum Gasteiger partial charge on any atom is -0.508 e. The normalized spacial score (nSPS) is 24.0. The van der Waals surface area contributed by atoms with Crippen LogP contribution in [0.15, 0.2) is 115 Å². The Labute approximate surface area is 438 Å². The van der Waals surface area contributed by atoms with Gasteiger partial charge < -0.3 is 63.4 Å². The molecular weight excluding hydrogens is 981 g/mol. The highest BCUT2D eigenvalue weighted by molar-refractivity contribution is 5.99. The Hall–Kier alpha value is -8.66. The number of aliphatic hydroxyl groups is 1. The van der Waals surface area contributed by atoms with Crippen molar-refractivity contribution >= 4 is 59.1 Å². The van der Waals surface area contributed by atoms with Crippen molar-refractivity contribution in [2.24, 2.45) is 5.73 Å². The van der Waals surface area contributed by atoms with Crippen LogP contribution >= 0.6 is 0 Å². The molecule has 0 saturated carbocycles. The van der Waals surface area contributed by atoms with E-state index in [1.165, 1.54) is 36.1 Å². The van der Waals surface area contributed by atoms with E-state index in [2.05, 4.69) is 42.5 Å². The monoisotopic (exact) mass is 1040 g/mol. The molecule has 76 heavy (non-hydrogen) atoms. The number of phenolic OH excluding ortho intramolecular Hbond substituents is 1. The van der Waals surface area contributed by atoms with Crippen LogP contribution in [0.25, 0.3) is 0 Å². The maximum Gasteiger partial charge on any atom is 0.246 e. The van der Waals surface area contributed by atoms with Gasteiger partial charge in [0, 0.05) is 38.6 Å². The maximum atomic E-state index is 14.7. The average Bonchev–Trinajstić information content (AvgIpc) is 3.91. The molecule has 2 saturated heterocycles. The summed E-state index contributed by atoms with van der Waals surface area (Å²) in [5, 5.41) is 41.3. The second-order valence-corrected chi connectivity index (χ2v) is 18.7. The van der Waals surface area contributed by atoms with Gasteiger partial charge in [0.2, 0.25) is 59.1 Å². The van der Waals surface area contributed by atoms with Gasteiger partial charge in [-0.1, -0.05) is 103 Å². The molecule has 8 atom stereocenters. The SMILES string of the molecule is C[C@@H]1NC(=O)[C@H](Cc2ccccc2)NC(=O)[C@H](CCC(N)=O)NC(=O)CNC(=O)[C@@H]2CCCN2C(=O)[C@H](Cc2ccccc2)NC(=O)[C@H](Cc2ccc(O)cc2)NC(=O)[C@H](CO)NC(=O)[C@H](Cc2ccccc2)NC1=O. The number of primary amides is 1. The van der Waals surface area contributed by atoms with E-state index in [-0.39, 0.29) is 57.2 Å². The number of rotatable bonds is 12. The van der Waals surface area contributed by atoms with Gasteiger partial charge in [0.1, 0.15) is 54.1 Å². The van der Waals surface area contributed by atoms with Gasteiger partial charge in [-0.15, -0.1) is 0 Å². The summed E-state index contributed by atoms with van der Waals surface area (Å²) >= 11 is 0. The Kier molecular flexibility index (Phi) is 20.6. The highest BCUT2D eigenvalue weighted by Gasteiger charge is 2.40. The molecule has 0 unspecified atom stereocenters. The fraction of sp³-hybridized carbons (Fsp3) is 0.370. The van der Waals surface area contributed by atoms with Gasteiger partial charge in [-0.25, -0.2) is 0 Å². The predicted molar refractivity (Wildman–Crippen MR) is 275 cm³/mol. The van der Waals surface area contributed by atoms with E-state index in [0.717, 1.165) is 0 Å². The lowest BCUT2D eigenvalue weighted by Crippen LogP contribution is -2.61. The number of hydrogen-bond acceptors (Lipinski definition) is 12. The van der Waals surface area contributed by atoms with Crippen LogP contribution in [0.3, 0.4) is 0 Å². The second-order valence-electron chi connectivity index (χ2n) is 18.7. The van der Waals surface area contributed by atoms with Gasteiger partial charge >= 0.3 is 0 Å². The molecule has 0 aromatic heterocycles. The lowest BCUT2D eigenvalue weighted by Gasteiger charge is -2.30. The molecule has 2 heterocycles. The van der Waals surface area contributed by atoms with Gasteiger partial charge in [-0.3, -0.25) is 47.9 Å². The summed E-state index contributed by atoms with van der Waals surface area (Å²) in [5.74, 6) is -8.56. The van der Waals surface area contributed by atoms with Gasteiger partial charge in [0.25, 0.3) is 0 Å². The first kappa shape index (κ1) is 56.6. The highest BCUT2D eigenvalue weighted by Crippen LogP contribution is 2.21. The fourth-order valence-corrected chi connectivity index (χ4v) is 8.79. The first-order chi connectivity index (χ1) is 36.5. The molecule has 4 aromatic carbocycles. The molecule has 4 aromatic rings. The van der Waals surface area contributed by atoms with Crippen molar-refractivity contribution in [1.82, 2.24) is 47.4 Å². The predicted octanol–water partition coefficient (Wildman–Crippen LogP) is -1.55. The Morgan fingerprint density at radius 3 is 1.45 bits per heavy atom. The molecule has 2 fully saturated rings. The number of benzene rings is 4. The first-order valence-corrected chi connectivity index (χ1v) is 25.0. The third-order valence-corrected chi connectivity index (χ3v) is 12.9. The molecule has 10 amide bonds. The zero-order valence-electron chi connectivity index (χ0n) is 41.9. The number of aromatic hydroxyl groups is 1. The summed E-state index contributed by atoms with van der Waals surface area (Å²) in [7, 11) is 0. The smallest absolute Gasteiger partial charge is 0.246 e. The van der Waals surface area contributed by atoms with E-state index in [1.54, 1.807) is 91.0 Å². The van der Waals surface area contributed by atoms with Crippen molar-refractivity contribution in [2.75, 3.05) is 19.7 Å². The van der Waals surface area contributed by atoms with Crippen LogP contribution in [0.5, 0.6) is 5.75 Å². The number of carbonyl (C=O) groups excluding carboxylic acids is 10. The number of aliphatic hydroxyl groups excluding tert-OH is 1. The summed E-state index contributed by atoms with van der Waals surface area (Å²) in [6.07, 6.45) is -0.637. The topological polar surface area (TPSA) is 337 Å². The van der Waals surface area contributed by atoms with E-state index in [4.69, 9.17) is 5.73 Å². The van der Waals surface area contributed by atoms with Crippen LogP contribution in [0.2, 0.25) is 0 Å². The molecule has 22 heteroatoms. The Morgan fingerprint density at radius 1 is 0.526 bits per heavy atom. The zero-order chi connectivity index (χ0) is 54.7. The maximum absolute atomic E-state index is 14.7. The lowest BCUT2D eigenvalue weighted by molar-refractivity contribution is -0.142. The van der Waals surface area contributed by atoms with Crippen molar-refractivity contribution in [1.29, 1.82) is 0 Å². The van der Waals surface area contributed by atoms with E-state index >= 15 is 0 Å². The number of nitrogens with one attached hydrogen (secondary N) is 8. The molecule has 0 spiro atoms. The number of nitrogens with two attached hydrogens (primary N) is 1. The summed E-state index contributed by atoms with van der Waals surface area (Å²) in [4.78, 5) is 140. The zero-order valence-corrected chi connectivity index (χ0v) is 41.9. The highest BCUT2D eigenvalue weighted by atomic mass is 16.3. The Morgan fingerprint density at radius 2 is 0.947 bits per heavy atom. The fourth-order valence-electron chi connectivity index (χ4n) is 8.79. The average molecular weight is 1050 g/mol. The van der Waals surface area contributed by atoms with E-state index in [1.807, 2.05) is 0 Å². The summed E-state index contributed by atoms with van der Waals surface area (Å²) < 4.78 is 0. The van der Waals surface area contributed by atoms with Crippen LogP contribution in [0.1, 0.15) is 54.9 Å². The van der Waals surface area contributed by atoms with Crippen molar-refractivity contribution in [3.05, 3.63) is 138 Å². The van der Waals surface area contributed by atoms with Crippen molar-refractivity contribution in [3.8, 4) is 5.75 Å². The largest absolute Gasteiger partial charge is 0.508 e.